The van der Waals surface area contributed by atoms with E-state index in [9.17, 15) is 14.4 Å². The lowest BCUT2D eigenvalue weighted by molar-refractivity contribution is -0.123. The zero-order valence-electron chi connectivity index (χ0n) is 15.1. The van der Waals surface area contributed by atoms with Gasteiger partial charge in [-0.1, -0.05) is 43.0 Å². The molecular formula is C19H20ClN3O4S. The smallest absolute Gasteiger partial charge is 0.358 e. The van der Waals surface area contributed by atoms with Crippen molar-refractivity contribution < 1.29 is 19.1 Å². The Morgan fingerprint density at radius 3 is 2.57 bits per heavy atom. The quantitative estimate of drug-likeness (QED) is 0.716. The Bertz CT molecular complexity index is 847. The van der Waals surface area contributed by atoms with Gasteiger partial charge in [0.05, 0.1) is 0 Å². The molecule has 7 nitrogen and oxygen atoms in total. The van der Waals surface area contributed by atoms with E-state index in [1.165, 1.54) is 17.8 Å². The van der Waals surface area contributed by atoms with E-state index in [1.807, 2.05) is 0 Å². The highest BCUT2D eigenvalue weighted by Gasteiger charge is 2.19. The number of carbonyl (C=O) groups excluding carboxylic acids is 3. The molecular weight excluding hydrogens is 402 g/mol. The van der Waals surface area contributed by atoms with Crippen LogP contribution in [-0.4, -0.2) is 35.5 Å². The van der Waals surface area contributed by atoms with E-state index in [1.54, 1.807) is 29.6 Å². The molecule has 1 saturated carbocycles. The number of hydrogen-bond acceptors (Lipinski definition) is 6. The van der Waals surface area contributed by atoms with Crippen LogP contribution in [0.3, 0.4) is 0 Å². The number of halogens is 1. The lowest BCUT2D eigenvalue weighted by Gasteiger charge is -2.22. The molecule has 1 aromatic carbocycles. The predicted molar refractivity (Wildman–Crippen MR) is 106 cm³/mol. The Morgan fingerprint density at radius 2 is 1.86 bits per heavy atom. The molecule has 0 radical (unpaired) electrons. The summed E-state index contributed by atoms with van der Waals surface area (Å²) in [6, 6.07) is 6.60. The van der Waals surface area contributed by atoms with Gasteiger partial charge in [-0.2, -0.15) is 0 Å². The van der Waals surface area contributed by atoms with Gasteiger partial charge >= 0.3 is 12.0 Å². The van der Waals surface area contributed by atoms with Crippen LogP contribution in [0.1, 0.15) is 42.6 Å². The van der Waals surface area contributed by atoms with Crippen LogP contribution in [0, 0.1) is 0 Å². The van der Waals surface area contributed by atoms with Crippen LogP contribution >= 0.6 is 22.9 Å². The molecule has 3 amide bonds. The van der Waals surface area contributed by atoms with E-state index in [-0.39, 0.29) is 11.7 Å². The molecule has 0 saturated heterocycles. The summed E-state index contributed by atoms with van der Waals surface area (Å²) in [5.41, 5.74) is 0.931. The van der Waals surface area contributed by atoms with E-state index < -0.39 is 24.5 Å². The zero-order chi connectivity index (χ0) is 19.9. The van der Waals surface area contributed by atoms with Crippen molar-refractivity contribution in [3.63, 3.8) is 0 Å². The Balaban J connectivity index is 1.45. The summed E-state index contributed by atoms with van der Waals surface area (Å²) in [5, 5.41) is 7.74. The molecule has 0 spiro atoms. The number of esters is 1. The minimum atomic E-state index is -0.723. The molecule has 1 heterocycles. The number of nitrogens with one attached hydrogen (secondary N) is 2. The summed E-state index contributed by atoms with van der Waals surface area (Å²) < 4.78 is 4.94. The van der Waals surface area contributed by atoms with Gasteiger partial charge in [0.1, 0.15) is 5.01 Å². The maximum atomic E-state index is 12.1. The summed E-state index contributed by atoms with van der Waals surface area (Å²) in [4.78, 5) is 39.9. The second-order valence-corrected chi connectivity index (χ2v) is 7.77. The number of carbonyl (C=O) groups is 3. The maximum absolute atomic E-state index is 12.1. The van der Waals surface area contributed by atoms with Gasteiger partial charge in [-0.05, 0) is 25.0 Å². The van der Waals surface area contributed by atoms with Crippen molar-refractivity contribution >= 4 is 40.8 Å². The molecule has 2 N–H and O–H groups in total. The molecule has 0 bridgehead atoms. The molecule has 9 heteroatoms. The van der Waals surface area contributed by atoms with Crippen LogP contribution in [0.5, 0.6) is 0 Å². The van der Waals surface area contributed by atoms with Gasteiger partial charge < -0.3 is 10.1 Å². The highest BCUT2D eigenvalue weighted by atomic mass is 35.5. The number of amides is 3. The van der Waals surface area contributed by atoms with E-state index in [0.29, 0.717) is 10.0 Å². The van der Waals surface area contributed by atoms with E-state index >= 15 is 0 Å². The average Bonchev–Trinajstić information content (AvgIpc) is 3.17. The van der Waals surface area contributed by atoms with Gasteiger partial charge in [0, 0.05) is 22.0 Å². The fraction of sp³-hybridized carbons (Fsp3) is 0.368. The number of hydrogen-bond donors (Lipinski definition) is 2. The predicted octanol–water partition coefficient (Wildman–Crippen LogP) is 3.78. The number of aromatic nitrogens is 1. The molecule has 0 aliphatic heterocycles. The normalized spacial score (nSPS) is 14.3. The van der Waals surface area contributed by atoms with Crippen LogP contribution < -0.4 is 10.6 Å². The molecule has 28 heavy (non-hydrogen) atoms. The number of rotatable bonds is 5. The first-order valence-electron chi connectivity index (χ1n) is 9.00. The molecule has 1 aliphatic carbocycles. The molecule has 1 aliphatic rings. The first kappa shape index (κ1) is 20.3. The SMILES string of the molecule is O=C(COC(=O)c1csc(-c2ccc(Cl)cc2)n1)NC(=O)NC1CCCCC1. The number of benzene rings is 1. The van der Waals surface area contributed by atoms with Crippen molar-refractivity contribution in [1.82, 2.24) is 15.6 Å². The van der Waals surface area contributed by atoms with Crippen LogP contribution in [0.4, 0.5) is 4.79 Å². The fourth-order valence-corrected chi connectivity index (χ4v) is 3.85. The highest BCUT2D eigenvalue weighted by Crippen LogP contribution is 2.25. The van der Waals surface area contributed by atoms with Crippen molar-refractivity contribution in [1.29, 1.82) is 0 Å². The summed E-state index contributed by atoms with van der Waals surface area (Å²) in [6.07, 6.45) is 5.14. The summed E-state index contributed by atoms with van der Waals surface area (Å²) in [5.74, 6) is -1.41. The largest absolute Gasteiger partial charge is 0.451 e. The summed E-state index contributed by atoms with van der Waals surface area (Å²) >= 11 is 7.14. The average molecular weight is 422 g/mol. The van der Waals surface area contributed by atoms with E-state index in [4.69, 9.17) is 16.3 Å². The minimum absolute atomic E-state index is 0.0883. The Hall–Kier alpha value is -2.45. The number of nitrogens with zero attached hydrogens (tertiary/aromatic N) is 1. The minimum Gasteiger partial charge on any atom is -0.451 e. The van der Waals surface area contributed by atoms with Gasteiger partial charge in [0.2, 0.25) is 0 Å². The first-order chi connectivity index (χ1) is 13.5. The van der Waals surface area contributed by atoms with E-state index in [2.05, 4.69) is 15.6 Å². The van der Waals surface area contributed by atoms with Crippen LogP contribution in [-0.2, 0) is 9.53 Å². The van der Waals surface area contributed by atoms with Gasteiger partial charge in [-0.3, -0.25) is 10.1 Å². The van der Waals surface area contributed by atoms with Crippen molar-refractivity contribution in [3.8, 4) is 10.6 Å². The number of thiazole rings is 1. The first-order valence-corrected chi connectivity index (χ1v) is 10.3. The second-order valence-electron chi connectivity index (χ2n) is 6.48. The monoisotopic (exact) mass is 421 g/mol. The molecule has 2 aromatic rings. The topological polar surface area (TPSA) is 97.4 Å². The summed E-state index contributed by atoms with van der Waals surface area (Å²) in [7, 11) is 0. The van der Waals surface area contributed by atoms with Crippen molar-refractivity contribution in [2.75, 3.05) is 6.61 Å². The van der Waals surface area contributed by atoms with Gasteiger partial charge in [-0.25, -0.2) is 14.6 Å². The van der Waals surface area contributed by atoms with Crippen molar-refractivity contribution in [3.05, 3.63) is 40.4 Å². The lowest BCUT2D eigenvalue weighted by atomic mass is 9.96. The fourth-order valence-electron chi connectivity index (χ4n) is 2.93. The molecule has 0 atom stereocenters. The summed E-state index contributed by atoms with van der Waals surface area (Å²) in [6.45, 7) is -0.551. The molecule has 3 rings (SSSR count). The third kappa shape index (κ3) is 5.77. The zero-order valence-corrected chi connectivity index (χ0v) is 16.6. The van der Waals surface area contributed by atoms with Gasteiger partial charge in [0.25, 0.3) is 5.91 Å². The molecule has 1 fully saturated rings. The number of imide groups is 1. The Morgan fingerprint density at radius 1 is 1.14 bits per heavy atom. The number of urea groups is 1. The number of ether oxygens (including phenoxy) is 1. The Labute approximate surface area is 171 Å². The molecule has 148 valence electrons. The van der Waals surface area contributed by atoms with Gasteiger partial charge in [0.15, 0.2) is 12.3 Å². The van der Waals surface area contributed by atoms with Crippen molar-refractivity contribution in [2.45, 2.75) is 38.1 Å². The highest BCUT2D eigenvalue weighted by molar-refractivity contribution is 7.13. The maximum Gasteiger partial charge on any atom is 0.358 e. The second kappa shape index (κ2) is 9.66. The third-order valence-corrected chi connectivity index (χ3v) is 5.48. The van der Waals surface area contributed by atoms with Crippen LogP contribution in [0.2, 0.25) is 5.02 Å². The molecule has 1 aromatic heterocycles. The Kier molecular flexibility index (Phi) is 7.00. The lowest BCUT2D eigenvalue weighted by Crippen LogP contribution is -2.46. The van der Waals surface area contributed by atoms with E-state index in [0.717, 1.165) is 31.2 Å². The van der Waals surface area contributed by atoms with Gasteiger partial charge in [-0.15, -0.1) is 11.3 Å². The standard InChI is InChI=1S/C19H20ClN3O4S/c20-13-8-6-12(7-9-13)17-22-15(11-28-17)18(25)27-10-16(24)23-19(26)21-14-4-2-1-3-5-14/h6-9,11,14H,1-5,10H2,(H2,21,23,24,26). The third-order valence-electron chi connectivity index (χ3n) is 4.33. The van der Waals surface area contributed by atoms with Crippen LogP contribution in [0.25, 0.3) is 10.6 Å². The van der Waals surface area contributed by atoms with Crippen molar-refractivity contribution in [2.24, 2.45) is 0 Å². The van der Waals surface area contributed by atoms with Crippen LogP contribution in [0.15, 0.2) is 29.6 Å². The molecule has 0 unspecified atom stereocenters.